The van der Waals surface area contributed by atoms with Crippen LogP contribution in [0.15, 0.2) is 66.7 Å². The molecule has 1 unspecified atom stereocenters. The van der Waals surface area contributed by atoms with Crippen LogP contribution in [0.2, 0.25) is 5.02 Å². The molecule has 3 aliphatic heterocycles. The molecule has 0 aliphatic carbocycles. The van der Waals surface area contributed by atoms with E-state index in [1.54, 1.807) is 36.1 Å². The van der Waals surface area contributed by atoms with Gasteiger partial charge in [-0.1, -0.05) is 49.2 Å². The largest absolute Gasteiger partial charge is 0.493 e. The third-order valence-corrected chi connectivity index (χ3v) is 14.3. The van der Waals surface area contributed by atoms with Crippen molar-refractivity contribution < 1.29 is 42.9 Å². The molecule has 2 N–H and O–H groups in total. The number of aryl methyl sites for hydroxylation is 3. The Hall–Kier alpha value is -6.78. The van der Waals surface area contributed by atoms with Gasteiger partial charge in [-0.15, -0.1) is 0 Å². The number of imide groups is 1. The maximum absolute atomic E-state index is 14.0. The molecule has 4 amide bonds. The van der Waals surface area contributed by atoms with Gasteiger partial charge in [-0.05, 0) is 99.4 Å². The van der Waals surface area contributed by atoms with Gasteiger partial charge in [-0.25, -0.2) is 9.18 Å². The highest BCUT2D eigenvalue weighted by molar-refractivity contribution is 6.35. The number of carboxylic acid groups (broad SMARTS) is 1. The van der Waals surface area contributed by atoms with Crippen LogP contribution in [0.1, 0.15) is 89.3 Å². The maximum Gasteiger partial charge on any atom is 0.352 e. The summed E-state index contributed by atoms with van der Waals surface area (Å²) in [5, 5.41) is 21.0. The van der Waals surface area contributed by atoms with Crippen LogP contribution in [0.3, 0.4) is 0 Å². The molecule has 5 heterocycles. The zero-order chi connectivity index (χ0) is 49.4. The maximum atomic E-state index is 14.0. The summed E-state index contributed by atoms with van der Waals surface area (Å²) in [5.74, 6) is -1.76. The molecule has 0 spiro atoms. The number of carboxylic acids is 1. The molecule has 9 rings (SSSR count). The molecule has 0 bridgehead atoms. The van der Waals surface area contributed by atoms with Crippen molar-refractivity contribution in [2.75, 3.05) is 39.3 Å². The first-order valence-corrected chi connectivity index (χ1v) is 24.5. The van der Waals surface area contributed by atoms with Crippen LogP contribution < -0.4 is 14.8 Å². The fourth-order valence-electron chi connectivity index (χ4n) is 10.5. The number of carbonyl (C=O) groups excluding carboxylic acids is 4. The molecular formula is C53H57ClFN7O8. The summed E-state index contributed by atoms with van der Waals surface area (Å²) in [6.45, 7) is 8.96. The number of rotatable bonds is 17. The Morgan fingerprint density at radius 3 is 2.46 bits per heavy atom. The van der Waals surface area contributed by atoms with Crippen LogP contribution in [-0.2, 0) is 47.4 Å². The number of hydrogen-bond acceptors (Lipinski definition) is 9. The second kappa shape index (κ2) is 20.3. The monoisotopic (exact) mass is 973 g/mol. The van der Waals surface area contributed by atoms with E-state index in [0.29, 0.717) is 91.9 Å². The number of carbonyl (C=O) groups is 5. The van der Waals surface area contributed by atoms with Crippen molar-refractivity contribution in [3.63, 3.8) is 0 Å². The van der Waals surface area contributed by atoms with Crippen molar-refractivity contribution in [1.82, 2.24) is 34.4 Å². The molecule has 0 saturated carbocycles. The predicted molar refractivity (Wildman–Crippen MR) is 263 cm³/mol. The van der Waals surface area contributed by atoms with E-state index >= 15 is 0 Å². The minimum Gasteiger partial charge on any atom is -0.493 e. The van der Waals surface area contributed by atoms with Gasteiger partial charge in [-0.3, -0.25) is 34.1 Å². The molecule has 15 nitrogen and oxygen atoms in total. The summed E-state index contributed by atoms with van der Waals surface area (Å²) in [6, 6.07) is 18.2. The molecule has 17 heteroatoms. The van der Waals surface area contributed by atoms with E-state index in [9.17, 15) is 33.5 Å². The number of aromatic carboxylic acids is 1. The standard InChI is InChI=1S/C53H57ClFN7O8/c1-5-6-13-41-46(31(2)57-58(41)4)47-40(54)19-18-37-36(12-9-28-69-43-14-7-10-33-29-34(55)16-17-35(33)43)49(53(67)68)61(48(37)47)27-24-59-22-25-60(26-23-59)51(65)32(3)70-44-15-8-11-38-39(44)30-62(52(38)66)42-20-21-45(63)56-50(42)64/h7-8,10-11,14-19,29,32,42H,5-6,9,12-13,20-28,30H2,1-4H3,(H,67,68)(H,56,63,64)/t32-,42?/m0/s1. The minimum absolute atomic E-state index is 0.123. The van der Waals surface area contributed by atoms with Crippen LogP contribution in [0.25, 0.3) is 32.8 Å². The average Bonchev–Trinajstić information content (AvgIpc) is 3.95. The zero-order valence-corrected chi connectivity index (χ0v) is 40.6. The average molecular weight is 975 g/mol. The Bertz CT molecular complexity index is 3050. The van der Waals surface area contributed by atoms with Crippen molar-refractivity contribution in [3.8, 4) is 22.6 Å². The number of fused-ring (bicyclic) bond motifs is 3. The van der Waals surface area contributed by atoms with Crippen LogP contribution in [0, 0.1) is 12.7 Å². The second-order valence-electron chi connectivity index (χ2n) is 18.4. The van der Waals surface area contributed by atoms with E-state index in [-0.39, 0.29) is 48.6 Å². The minimum atomic E-state index is -1.05. The lowest BCUT2D eigenvalue weighted by molar-refractivity contribution is -0.140. The highest BCUT2D eigenvalue weighted by Gasteiger charge is 2.41. The first-order chi connectivity index (χ1) is 33.7. The topological polar surface area (TPSA) is 169 Å². The SMILES string of the molecule is CCCCc1c(-c2c(Cl)ccc3c(CCCOc4cccc5cc(F)ccc45)c(C(=O)O)n(CCN4CCN(C(=O)[C@H](C)Oc5cccc6c5CN(C5CCC(=O)NC5=O)C6=O)CC4)c23)c(C)nn1C. The number of aromatic nitrogens is 3. The van der Waals surface area contributed by atoms with Crippen LogP contribution in [-0.4, -0.2) is 115 Å². The first-order valence-electron chi connectivity index (χ1n) is 24.1. The van der Waals surface area contributed by atoms with Crippen LogP contribution in [0.5, 0.6) is 11.5 Å². The Balaban J connectivity index is 0.928. The van der Waals surface area contributed by atoms with E-state index in [0.717, 1.165) is 63.5 Å². The lowest BCUT2D eigenvalue weighted by Gasteiger charge is -2.36. The van der Waals surface area contributed by atoms with Gasteiger partial charge in [0.25, 0.3) is 11.8 Å². The molecule has 2 atom stereocenters. The summed E-state index contributed by atoms with van der Waals surface area (Å²) < 4.78 is 30.3. The summed E-state index contributed by atoms with van der Waals surface area (Å²) in [4.78, 5) is 70.7. The summed E-state index contributed by atoms with van der Waals surface area (Å²) >= 11 is 7.20. The third kappa shape index (κ3) is 9.33. The highest BCUT2D eigenvalue weighted by Crippen LogP contribution is 2.43. The van der Waals surface area contributed by atoms with E-state index in [1.165, 1.54) is 17.0 Å². The van der Waals surface area contributed by atoms with Crippen molar-refractivity contribution in [2.45, 2.75) is 91.0 Å². The number of piperazine rings is 1. The molecule has 366 valence electrons. The number of halogens is 2. The molecule has 2 aromatic heterocycles. The number of nitrogens with one attached hydrogen (secondary N) is 1. The number of piperidine rings is 1. The van der Waals surface area contributed by atoms with Gasteiger partial charge in [0.1, 0.15) is 29.1 Å². The number of benzene rings is 4. The summed E-state index contributed by atoms with van der Waals surface area (Å²) in [7, 11) is 1.93. The van der Waals surface area contributed by atoms with E-state index in [2.05, 4.69) is 17.1 Å². The Morgan fingerprint density at radius 2 is 1.70 bits per heavy atom. The van der Waals surface area contributed by atoms with Crippen molar-refractivity contribution in [3.05, 3.63) is 111 Å². The Kier molecular flexibility index (Phi) is 14.0. The lowest BCUT2D eigenvalue weighted by Crippen LogP contribution is -2.52. The summed E-state index contributed by atoms with van der Waals surface area (Å²) in [6.07, 6.45) is 3.12. The number of nitrogens with zero attached hydrogens (tertiary/aromatic N) is 6. The van der Waals surface area contributed by atoms with Crippen molar-refractivity contribution in [2.24, 2.45) is 7.05 Å². The van der Waals surface area contributed by atoms with E-state index < -0.39 is 24.0 Å². The van der Waals surface area contributed by atoms with Gasteiger partial charge < -0.3 is 28.9 Å². The number of ether oxygens (including phenoxy) is 2. The quantitative estimate of drug-likeness (QED) is 0.0682. The van der Waals surface area contributed by atoms with E-state index in [1.807, 2.05) is 53.6 Å². The highest BCUT2D eigenvalue weighted by atomic mass is 35.5. The molecule has 6 aromatic rings. The van der Waals surface area contributed by atoms with Crippen LogP contribution in [0.4, 0.5) is 4.39 Å². The number of unbranched alkanes of at least 4 members (excludes halogenated alkanes) is 1. The molecule has 70 heavy (non-hydrogen) atoms. The Labute approximate surface area is 410 Å². The molecule has 3 aliphatic rings. The molecule has 2 fully saturated rings. The zero-order valence-electron chi connectivity index (χ0n) is 39.9. The fraction of sp³-hybridized carbons (Fsp3) is 0.396. The number of hydrogen-bond donors (Lipinski definition) is 2. The molecule has 0 radical (unpaired) electrons. The normalized spacial score (nSPS) is 16.8. The van der Waals surface area contributed by atoms with Gasteiger partial charge in [-0.2, -0.15) is 5.10 Å². The van der Waals surface area contributed by atoms with Gasteiger partial charge >= 0.3 is 5.97 Å². The Morgan fingerprint density at radius 1 is 0.943 bits per heavy atom. The first kappa shape index (κ1) is 48.3. The van der Waals surface area contributed by atoms with Gasteiger partial charge in [0.2, 0.25) is 11.8 Å². The summed E-state index contributed by atoms with van der Waals surface area (Å²) in [5.41, 5.74) is 6.09. The second-order valence-corrected chi connectivity index (χ2v) is 18.8. The van der Waals surface area contributed by atoms with Crippen molar-refractivity contribution in [1.29, 1.82) is 0 Å². The van der Waals surface area contributed by atoms with E-state index in [4.69, 9.17) is 26.2 Å². The predicted octanol–water partition coefficient (Wildman–Crippen LogP) is 7.72. The number of amides is 4. The lowest BCUT2D eigenvalue weighted by atomic mass is 9.96. The van der Waals surface area contributed by atoms with Crippen LogP contribution >= 0.6 is 11.6 Å². The molecule has 2 saturated heterocycles. The van der Waals surface area contributed by atoms with Gasteiger partial charge in [0.15, 0.2) is 6.10 Å². The molecular weight excluding hydrogens is 917 g/mol. The van der Waals surface area contributed by atoms with Gasteiger partial charge in [0.05, 0.1) is 29.4 Å². The van der Waals surface area contributed by atoms with Crippen molar-refractivity contribution >= 4 is 62.9 Å². The smallest absolute Gasteiger partial charge is 0.352 e. The van der Waals surface area contributed by atoms with Gasteiger partial charge in [0, 0.05) is 91.5 Å². The molecule has 4 aromatic carbocycles. The fourth-order valence-corrected chi connectivity index (χ4v) is 10.7. The third-order valence-electron chi connectivity index (χ3n) is 14.0.